The minimum Gasteiger partial charge on any atom is -0.448 e. The van der Waals surface area contributed by atoms with Gasteiger partial charge in [0, 0.05) is 24.0 Å². The summed E-state index contributed by atoms with van der Waals surface area (Å²) in [5, 5.41) is 12.4. The van der Waals surface area contributed by atoms with Gasteiger partial charge in [-0.1, -0.05) is 26.7 Å². The molecule has 1 unspecified atom stereocenters. The molecule has 1 aromatic heterocycles. The van der Waals surface area contributed by atoms with E-state index in [1.54, 1.807) is 6.08 Å². The maximum absolute atomic E-state index is 12.4. The molecule has 0 saturated heterocycles. The number of carbonyl (C=O) groups is 2. The molecule has 6 heteroatoms. The van der Waals surface area contributed by atoms with Crippen molar-refractivity contribution in [2.75, 3.05) is 0 Å². The van der Waals surface area contributed by atoms with Crippen molar-refractivity contribution < 1.29 is 14.3 Å². The Morgan fingerprint density at radius 2 is 1.97 bits per heavy atom. The van der Waals surface area contributed by atoms with E-state index in [0.29, 0.717) is 5.92 Å². The molecule has 6 nitrogen and oxygen atoms in total. The molecule has 1 heterocycles. The van der Waals surface area contributed by atoms with Crippen LogP contribution in [-0.4, -0.2) is 28.6 Å². The van der Waals surface area contributed by atoms with Crippen molar-refractivity contribution in [1.29, 1.82) is 5.26 Å². The molecule has 0 spiro atoms. The molecule has 1 N–H and O–H groups in total. The smallest absolute Gasteiger partial charge is 0.349 e. The van der Waals surface area contributed by atoms with Crippen LogP contribution < -0.4 is 5.32 Å². The summed E-state index contributed by atoms with van der Waals surface area (Å²) < 4.78 is 7.45. The van der Waals surface area contributed by atoms with E-state index < -0.39 is 12.1 Å². The van der Waals surface area contributed by atoms with Gasteiger partial charge in [0.25, 0.3) is 5.91 Å². The molecule has 1 fully saturated rings. The van der Waals surface area contributed by atoms with Gasteiger partial charge in [0.05, 0.1) is 0 Å². The van der Waals surface area contributed by atoms with E-state index in [1.165, 1.54) is 6.92 Å². The molecule has 1 saturated carbocycles. The van der Waals surface area contributed by atoms with Gasteiger partial charge in [-0.2, -0.15) is 5.26 Å². The van der Waals surface area contributed by atoms with Gasteiger partial charge in [0.2, 0.25) is 0 Å². The van der Waals surface area contributed by atoms with E-state index in [9.17, 15) is 14.9 Å². The lowest BCUT2D eigenvalue weighted by Crippen LogP contribution is -2.41. The number of esters is 1. The van der Waals surface area contributed by atoms with Crippen LogP contribution in [0.1, 0.15) is 69.8 Å². The molecule has 1 aliphatic carbocycles. The summed E-state index contributed by atoms with van der Waals surface area (Å²) in [5.74, 6) is -0.486. The van der Waals surface area contributed by atoms with E-state index in [1.807, 2.05) is 26.0 Å². The summed E-state index contributed by atoms with van der Waals surface area (Å²) in [6.45, 7) is 10.8. The van der Waals surface area contributed by atoms with Crippen molar-refractivity contribution >= 4 is 18.0 Å². The number of hydrogen-bond donors (Lipinski definition) is 1. The van der Waals surface area contributed by atoms with Gasteiger partial charge >= 0.3 is 5.97 Å². The predicted octanol–water partition coefficient (Wildman–Crippen LogP) is 4.05. The van der Waals surface area contributed by atoms with Gasteiger partial charge in [-0.25, -0.2) is 4.79 Å². The SMILES string of the molecule is Cc1cc(/C=C(\C#N)C(=O)OC(C)C(=O)NC2CCCC2)c(C)n1CCC(C)C. The van der Waals surface area contributed by atoms with Gasteiger partial charge in [-0.05, 0) is 63.7 Å². The third-order valence-corrected chi connectivity index (χ3v) is 5.54. The van der Waals surface area contributed by atoms with Crippen LogP contribution in [0.15, 0.2) is 11.6 Å². The third kappa shape index (κ3) is 6.22. The van der Waals surface area contributed by atoms with Crippen LogP contribution in [0.2, 0.25) is 0 Å². The minimum absolute atomic E-state index is 0.102. The highest BCUT2D eigenvalue weighted by Crippen LogP contribution is 2.21. The first-order valence-corrected chi connectivity index (χ1v) is 10.5. The lowest BCUT2D eigenvalue weighted by molar-refractivity contribution is -0.151. The van der Waals surface area contributed by atoms with E-state index in [2.05, 4.69) is 23.7 Å². The summed E-state index contributed by atoms with van der Waals surface area (Å²) in [7, 11) is 0. The van der Waals surface area contributed by atoms with E-state index in [-0.39, 0.29) is 17.5 Å². The minimum atomic E-state index is -0.932. The summed E-state index contributed by atoms with van der Waals surface area (Å²) >= 11 is 0. The lowest BCUT2D eigenvalue weighted by Gasteiger charge is -2.16. The molecule has 1 aliphatic rings. The number of hydrogen-bond acceptors (Lipinski definition) is 4. The maximum Gasteiger partial charge on any atom is 0.349 e. The average Bonchev–Trinajstić information content (AvgIpc) is 3.26. The first kappa shape index (κ1) is 22.7. The average molecular weight is 400 g/mol. The molecular weight excluding hydrogens is 366 g/mol. The van der Waals surface area contributed by atoms with Gasteiger partial charge in [-0.15, -0.1) is 0 Å². The second-order valence-electron chi connectivity index (χ2n) is 8.37. The van der Waals surface area contributed by atoms with Crippen molar-refractivity contribution in [2.24, 2.45) is 5.92 Å². The molecule has 1 amide bonds. The Balaban J connectivity index is 2.06. The van der Waals surface area contributed by atoms with Crippen molar-refractivity contribution in [3.8, 4) is 6.07 Å². The van der Waals surface area contributed by atoms with Crippen LogP contribution in [0.25, 0.3) is 6.08 Å². The number of rotatable bonds is 8. The zero-order valence-electron chi connectivity index (χ0n) is 18.2. The summed E-state index contributed by atoms with van der Waals surface area (Å²) in [5.41, 5.74) is 2.82. The van der Waals surface area contributed by atoms with Crippen LogP contribution >= 0.6 is 0 Å². The molecule has 1 aromatic rings. The van der Waals surface area contributed by atoms with Crippen molar-refractivity contribution in [1.82, 2.24) is 9.88 Å². The monoisotopic (exact) mass is 399 g/mol. The van der Waals surface area contributed by atoms with E-state index in [0.717, 1.165) is 55.6 Å². The first-order valence-electron chi connectivity index (χ1n) is 10.5. The van der Waals surface area contributed by atoms with Gasteiger partial charge in [0.1, 0.15) is 11.6 Å². The molecule has 0 bridgehead atoms. The zero-order valence-corrected chi connectivity index (χ0v) is 18.2. The van der Waals surface area contributed by atoms with Crippen LogP contribution in [0.5, 0.6) is 0 Å². The maximum atomic E-state index is 12.4. The number of ether oxygens (including phenoxy) is 1. The van der Waals surface area contributed by atoms with Crippen LogP contribution in [0, 0.1) is 31.1 Å². The van der Waals surface area contributed by atoms with Gasteiger partial charge in [-0.3, -0.25) is 4.79 Å². The van der Waals surface area contributed by atoms with Crippen molar-refractivity contribution in [3.05, 3.63) is 28.6 Å². The highest BCUT2D eigenvalue weighted by molar-refractivity contribution is 5.99. The molecule has 0 radical (unpaired) electrons. The standard InChI is InChI=1S/C23H33N3O3/c1-15(2)10-11-26-16(3)12-19(17(26)4)13-20(14-24)23(28)29-18(5)22(27)25-21-8-6-7-9-21/h12-13,15,18,21H,6-11H2,1-5H3,(H,25,27)/b20-13+. The van der Waals surface area contributed by atoms with Crippen molar-refractivity contribution in [2.45, 2.75) is 85.4 Å². The second kappa shape index (κ2) is 10.3. The number of aromatic nitrogens is 1. The number of amides is 1. The predicted molar refractivity (Wildman–Crippen MR) is 113 cm³/mol. The Kier molecular flexibility index (Phi) is 8.07. The van der Waals surface area contributed by atoms with Crippen LogP contribution in [-0.2, 0) is 20.9 Å². The fourth-order valence-corrected chi connectivity index (χ4v) is 3.66. The first-order chi connectivity index (χ1) is 13.7. The third-order valence-electron chi connectivity index (χ3n) is 5.54. The molecule has 0 aliphatic heterocycles. The number of nitriles is 1. The molecule has 2 rings (SSSR count). The number of nitrogens with zero attached hydrogens (tertiary/aromatic N) is 2. The molecule has 0 aromatic carbocycles. The summed E-state index contributed by atoms with van der Waals surface area (Å²) in [6, 6.07) is 4.05. The Labute approximate surface area is 173 Å². The summed E-state index contributed by atoms with van der Waals surface area (Å²) in [4.78, 5) is 24.7. The Hall–Kier alpha value is -2.55. The zero-order chi connectivity index (χ0) is 21.6. The topological polar surface area (TPSA) is 84.1 Å². The van der Waals surface area contributed by atoms with Gasteiger partial charge < -0.3 is 14.6 Å². The Bertz CT molecular complexity index is 808. The number of aryl methyl sites for hydroxylation is 1. The van der Waals surface area contributed by atoms with E-state index >= 15 is 0 Å². The Morgan fingerprint density at radius 1 is 1.31 bits per heavy atom. The second-order valence-corrected chi connectivity index (χ2v) is 8.37. The number of carbonyl (C=O) groups excluding carboxylic acids is 2. The summed E-state index contributed by atoms with van der Waals surface area (Å²) in [6.07, 6.45) is 5.81. The van der Waals surface area contributed by atoms with E-state index in [4.69, 9.17) is 4.74 Å². The quantitative estimate of drug-likeness (QED) is 0.406. The highest BCUT2D eigenvalue weighted by atomic mass is 16.5. The Morgan fingerprint density at radius 3 is 2.55 bits per heavy atom. The lowest BCUT2D eigenvalue weighted by atomic mass is 10.1. The molecule has 29 heavy (non-hydrogen) atoms. The molecule has 158 valence electrons. The highest BCUT2D eigenvalue weighted by Gasteiger charge is 2.24. The normalized spacial score (nSPS) is 16.0. The fourth-order valence-electron chi connectivity index (χ4n) is 3.66. The van der Waals surface area contributed by atoms with Crippen molar-refractivity contribution in [3.63, 3.8) is 0 Å². The largest absolute Gasteiger partial charge is 0.448 e. The molecular formula is C23H33N3O3. The number of nitrogens with one attached hydrogen (secondary N) is 1. The van der Waals surface area contributed by atoms with Crippen LogP contribution in [0.3, 0.4) is 0 Å². The van der Waals surface area contributed by atoms with Gasteiger partial charge in [0.15, 0.2) is 6.10 Å². The molecule has 1 atom stereocenters. The fraction of sp³-hybridized carbons (Fsp3) is 0.609. The van der Waals surface area contributed by atoms with Crippen LogP contribution in [0.4, 0.5) is 0 Å².